The molecule has 94 valence electrons. The topological polar surface area (TPSA) is 65.3 Å². The van der Waals surface area contributed by atoms with Crippen molar-refractivity contribution in [3.8, 4) is 5.75 Å². The maximum atomic E-state index is 12.1. The molecule has 0 fully saturated rings. The van der Waals surface area contributed by atoms with Gasteiger partial charge in [0.15, 0.2) is 0 Å². The number of ether oxygens (including phenoxy) is 1. The van der Waals surface area contributed by atoms with Gasteiger partial charge in [0.25, 0.3) is 0 Å². The van der Waals surface area contributed by atoms with Crippen LogP contribution in [0.15, 0.2) is 6.20 Å². The highest BCUT2D eigenvalue weighted by molar-refractivity contribution is 9.08. The Bertz CT molecular complexity index is 450. The van der Waals surface area contributed by atoms with E-state index in [4.69, 9.17) is 0 Å². The third-order valence-corrected chi connectivity index (χ3v) is 2.37. The van der Waals surface area contributed by atoms with Crippen molar-refractivity contribution in [2.24, 2.45) is 0 Å². The molecule has 1 heterocycles. The third kappa shape index (κ3) is 3.29. The van der Waals surface area contributed by atoms with Crippen molar-refractivity contribution in [1.82, 2.24) is 4.98 Å². The van der Waals surface area contributed by atoms with Crippen LogP contribution in [0.5, 0.6) is 5.75 Å². The number of alkyl halides is 4. The molecule has 5 nitrogen and oxygen atoms in total. The van der Waals surface area contributed by atoms with E-state index in [1.807, 2.05) is 0 Å². The fourth-order valence-corrected chi connectivity index (χ4v) is 1.68. The van der Waals surface area contributed by atoms with Gasteiger partial charge in [-0.3, -0.25) is 0 Å². The number of hydrogen-bond donors (Lipinski definition) is 0. The predicted octanol–water partition coefficient (Wildman–Crippen LogP) is 3.09. The van der Waals surface area contributed by atoms with Gasteiger partial charge in [-0.05, 0) is 16.8 Å². The maximum Gasteiger partial charge on any atom is 0.573 e. The lowest BCUT2D eigenvalue weighted by Crippen LogP contribution is -2.19. The molecule has 0 unspecified atom stereocenters. The summed E-state index contributed by atoms with van der Waals surface area (Å²) in [5.41, 5.74) is -0.172. The normalized spacial score (nSPS) is 11.4. The lowest BCUT2D eigenvalue weighted by Gasteiger charge is -2.13. The first-order valence-electron chi connectivity index (χ1n) is 4.21. The van der Waals surface area contributed by atoms with Crippen molar-refractivity contribution in [2.75, 3.05) is 0 Å². The number of nitro groups is 1. The molecule has 0 aliphatic heterocycles. The highest BCUT2D eigenvalue weighted by Gasteiger charge is 2.35. The minimum absolute atomic E-state index is 0.0716. The van der Waals surface area contributed by atoms with Crippen molar-refractivity contribution < 1.29 is 22.8 Å². The van der Waals surface area contributed by atoms with Crippen LogP contribution in [0.25, 0.3) is 0 Å². The van der Waals surface area contributed by atoms with Crippen LogP contribution < -0.4 is 4.74 Å². The van der Waals surface area contributed by atoms with E-state index in [-0.39, 0.29) is 16.5 Å². The van der Waals surface area contributed by atoms with Crippen LogP contribution in [0.2, 0.25) is 0 Å². The number of aryl methyl sites for hydroxylation is 1. The molecule has 0 radical (unpaired) electrons. The third-order valence-electron chi connectivity index (χ3n) is 1.81. The molecule has 0 atom stereocenters. The van der Waals surface area contributed by atoms with E-state index in [1.165, 1.54) is 6.92 Å². The summed E-state index contributed by atoms with van der Waals surface area (Å²) in [6.45, 7) is 1.32. The second kappa shape index (κ2) is 4.86. The second-order valence-corrected chi connectivity index (χ2v) is 3.57. The summed E-state index contributed by atoms with van der Waals surface area (Å²) in [6.07, 6.45) is -3.94. The summed E-state index contributed by atoms with van der Waals surface area (Å²) in [6, 6.07) is 0. The molecule has 1 aromatic rings. The number of hydrogen-bond acceptors (Lipinski definition) is 4. The van der Waals surface area contributed by atoms with Crippen LogP contribution >= 0.6 is 15.9 Å². The average molecular weight is 315 g/mol. The van der Waals surface area contributed by atoms with Crippen molar-refractivity contribution in [3.05, 3.63) is 27.4 Å². The Balaban J connectivity index is 3.35. The van der Waals surface area contributed by atoms with Crippen LogP contribution in [0.4, 0.5) is 19.0 Å². The number of pyridine rings is 1. The highest BCUT2D eigenvalue weighted by Crippen LogP contribution is 2.35. The SMILES string of the molecule is Cc1cnc([N+](=O)[O-])c(CBr)c1OC(F)(F)F. The summed E-state index contributed by atoms with van der Waals surface area (Å²) in [4.78, 5) is 13.2. The van der Waals surface area contributed by atoms with Crippen molar-refractivity contribution in [3.63, 3.8) is 0 Å². The van der Waals surface area contributed by atoms with E-state index in [9.17, 15) is 23.3 Å². The first-order chi connectivity index (χ1) is 7.76. The molecule has 9 heteroatoms. The molecule has 0 saturated carbocycles. The van der Waals surface area contributed by atoms with E-state index < -0.39 is 22.9 Å². The minimum Gasteiger partial charge on any atom is -0.405 e. The molecular weight excluding hydrogens is 309 g/mol. The largest absolute Gasteiger partial charge is 0.573 e. The summed E-state index contributed by atoms with van der Waals surface area (Å²) in [5, 5.41) is 10.4. The molecule has 17 heavy (non-hydrogen) atoms. The van der Waals surface area contributed by atoms with Gasteiger partial charge < -0.3 is 14.9 Å². The molecule has 1 rings (SSSR count). The monoisotopic (exact) mass is 314 g/mol. The van der Waals surface area contributed by atoms with E-state index in [2.05, 4.69) is 25.7 Å². The lowest BCUT2D eigenvalue weighted by atomic mass is 10.2. The van der Waals surface area contributed by atoms with E-state index in [0.29, 0.717) is 0 Å². The highest BCUT2D eigenvalue weighted by atomic mass is 79.9. The van der Waals surface area contributed by atoms with Crippen molar-refractivity contribution in [1.29, 1.82) is 0 Å². The van der Waals surface area contributed by atoms with Crippen LogP contribution in [0, 0.1) is 17.0 Å². The van der Waals surface area contributed by atoms with Crippen LogP contribution in [0.1, 0.15) is 11.1 Å². The summed E-state index contributed by atoms with van der Waals surface area (Å²) in [7, 11) is 0. The Morgan fingerprint density at radius 1 is 1.59 bits per heavy atom. The molecule has 0 amide bonds. The number of halogens is 4. The first-order valence-corrected chi connectivity index (χ1v) is 5.33. The summed E-state index contributed by atoms with van der Waals surface area (Å²) in [5.74, 6) is -1.25. The number of rotatable bonds is 3. The maximum absolute atomic E-state index is 12.1. The summed E-state index contributed by atoms with van der Waals surface area (Å²) >= 11 is 2.88. The van der Waals surface area contributed by atoms with Crippen LogP contribution in [-0.2, 0) is 5.33 Å². The Morgan fingerprint density at radius 3 is 2.59 bits per heavy atom. The number of aromatic nitrogens is 1. The molecule has 0 N–H and O–H groups in total. The Labute approximate surface area is 102 Å². The zero-order valence-electron chi connectivity index (χ0n) is 8.42. The molecule has 0 aliphatic carbocycles. The fraction of sp³-hybridized carbons (Fsp3) is 0.375. The quantitative estimate of drug-likeness (QED) is 0.488. The molecular formula is C8H6BrF3N2O3. The van der Waals surface area contributed by atoms with Crippen molar-refractivity contribution >= 4 is 21.7 Å². The van der Waals surface area contributed by atoms with Gasteiger partial charge in [-0.1, -0.05) is 15.9 Å². The molecule has 1 aromatic heterocycles. The van der Waals surface area contributed by atoms with Crippen molar-refractivity contribution in [2.45, 2.75) is 18.6 Å². The van der Waals surface area contributed by atoms with E-state index in [1.54, 1.807) is 0 Å². The first kappa shape index (κ1) is 13.7. The van der Waals surface area contributed by atoms with Gasteiger partial charge in [0, 0.05) is 10.9 Å². The van der Waals surface area contributed by atoms with Gasteiger partial charge in [-0.15, -0.1) is 13.2 Å². The van der Waals surface area contributed by atoms with E-state index in [0.717, 1.165) is 6.20 Å². The smallest absolute Gasteiger partial charge is 0.405 e. The molecule has 0 spiro atoms. The minimum atomic E-state index is -4.91. The van der Waals surface area contributed by atoms with Gasteiger partial charge >= 0.3 is 12.2 Å². The second-order valence-electron chi connectivity index (χ2n) is 3.01. The number of nitrogens with zero attached hydrogens (tertiary/aromatic N) is 2. The Hall–Kier alpha value is -1.38. The zero-order valence-corrected chi connectivity index (χ0v) is 10.0. The zero-order chi connectivity index (χ0) is 13.2. The Morgan fingerprint density at radius 2 is 2.18 bits per heavy atom. The van der Waals surface area contributed by atoms with Crippen LogP contribution in [0.3, 0.4) is 0 Å². The van der Waals surface area contributed by atoms with Gasteiger partial charge in [-0.25, -0.2) is 0 Å². The standard InChI is InChI=1S/C8H6BrF3N2O3/c1-4-3-13-7(14(15)16)5(2-9)6(4)17-8(10,11)12/h3H,2H2,1H3. The van der Waals surface area contributed by atoms with Gasteiger partial charge in [0.1, 0.15) is 17.5 Å². The average Bonchev–Trinajstić information content (AvgIpc) is 2.18. The Kier molecular flexibility index (Phi) is 3.91. The predicted molar refractivity (Wildman–Crippen MR) is 54.9 cm³/mol. The van der Waals surface area contributed by atoms with Gasteiger partial charge in [0.05, 0.1) is 0 Å². The molecule has 0 aliphatic rings. The molecule has 0 saturated heterocycles. The molecule has 0 bridgehead atoms. The van der Waals surface area contributed by atoms with Crippen LogP contribution in [-0.4, -0.2) is 16.3 Å². The lowest BCUT2D eigenvalue weighted by molar-refractivity contribution is -0.390. The summed E-state index contributed by atoms with van der Waals surface area (Å²) < 4.78 is 40.2. The van der Waals surface area contributed by atoms with Gasteiger partial charge in [-0.2, -0.15) is 0 Å². The van der Waals surface area contributed by atoms with Gasteiger partial charge in [0.2, 0.25) is 0 Å². The van der Waals surface area contributed by atoms with E-state index >= 15 is 0 Å². The molecule has 0 aromatic carbocycles. The fourth-order valence-electron chi connectivity index (χ4n) is 1.17.